The first-order chi connectivity index (χ1) is 16.2. The van der Waals surface area contributed by atoms with E-state index in [1.54, 1.807) is 25.3 Å². The third kappa shape index (κ3) is 5.25. The molecule has 168 valence electrons. The van der Waals surface area contributed by atoms with Crippen LogP contribution in [0.1, 0.15) is 16.7 Å². The van der Waals surface area contributed by atoms with Gasteiger partial charge >= 0.3 is 0 Å². The van der Waals surface area contributed by atoms with Crippen molar-refractivity contribution in [1.82, 2.24) is 0 Å². The van der Waals surface area contributed by atoms with Crippen LogP contribution in [-0.4, -0.2) is 12.2 Å². The first kappa shape index (κ1) is 22.2. The zero-order valence-electron chi connectivity index (χ0n) is 18.2. The van der Waals surface area contributed by atoms with Crippen LogP contribution in [0.5, 0.6) is 17.2 Å². The van der Waals surface area contributed by atoms with Crippen LogP contribution in [0.4, 0.5) is 0 Å². The van der Waals surface area contributed by atoms with E-state index in [2.05, 4.69) is 0 Å². The molecule has 0 radical (unpaired) electrons. The number of aliphatic hydroxyl groups is 1. The van der Waals surface area contributed by atoms with Crippen LogP contribution in [0.3, 0.4) is 0 Å². The van der Waals surface area contributed by atoms with E-state index in [1.807, 2.05) is 60.7 Å². The molecule has 0 aliphatic carbocycles. The first-order valence-corrected chi connectivity index (χ1v) is 10.5. The highest BCUT2D eigenvalue weighted by molar-refractivity contribution is 5.68. The average molecular weight is 444 g/mol. The Labute approximate surface area is 191 Å². The van der Waals surface area contributed by atoms with Crippen LogP contribution in [0.2, 0.25) is 0 Å². The quantitative estimate of drug-likeness (QED) is 0.393. The van der Waals surface area contributed by atoms with Crippen molar-refractivity contribution in [3.05, 3.63) is 112 Å². The van der Waals surface area contributed by atoms with Gasteiger partial charge in [0.25, 0.3) is 0 Å². The Bertz CT molecular complexity index is 1250. The zero-order chi connectivity index (χ0) is 23.0. The maximum absolute atomic E-state index is 12.9. The lowest BCUT2D eigenvalue weighted by atomic mass is 10.1. The van der Waals surface area contributed by atoms with Crippen LogP contribution in [0.25, 0.3) is 11.3 Å². The molecule has 4 aromatic rings. The average Bonchev–Trinajstić information content (AvgIpc) is 2.87. The summed E-state index contributed by atoms with van der Waals surface area (Å²) >= 11 is 0. The summed E-state index contributed by atoms with van der Waals surface area (Å²) in [6.07, 6.45) is 1.25. The molecule has 0 spiro atoms. The van der Waals surface area contributed by atoms with Gasteiger partial charge in [-0.25, -0.2) is 0 Å². The van der Waals surface area contributed by atoms with Crippen molar-refractivity contribution in [2.75, 3.05) is 7.11 Å². The van der Waals surface area contributed by atoms with Crippen molar-refractivity contribution in [3.8, 4) is 28.6 Å². The molecule has 33 heavy (non-hydrogen) atoms. The molecule has 0 aliphatic rings. The van der Waals surface area contributed by atoms with Crippen LogP contribution in [-0.2, 0) is 19.8 Å². The summed E-state index contributed by atoms with van der Waals surface area (Å²) in [5.41, 5.74) is 2.23. The molecule has 0 saturated carbocycles. The molecule has 0 fully saturated rings. The number of hydrogen-bond donors (Lipinski definition) is 1. The van der Waals surface area contributed by atoms with E-state index in [9.17, 15) is 9.90 Å². The molecule has 1 N–H and O–H groups in total. The highest BCUT2D eigenvalue weighted by Gasteiger charge is 2.19. The number of ether oxygens (including phenoxy) is 3. The Morgan fingerprint density at radius 3 is 2.06 bits per heavy atom. The van der Waals surface area contributed by atoms with E-state index in [1.165, 1.54) is 6.26 Å². The lowest BCUT2D eigenvalue weighted by Crippen LogP contribution is -2.14. The van der Waals surface area contributed by atoms with Crippen molar-refractivity contribution < 1.29 is 23.7 Å². The molecule has 0 atom stereocenters. The minimum atomic E-state index is -0.445. The second kappa shape index (κ2) is 10.5. The molecular weight excluding hydrogens is 420 g/mol. The van der Waals surface area contributed by atoms with Crippen LogP contribution in [0.15, 0.2) is 94.3 Å². The van der Waals surface area contributed by atoms with Crippen molar-refractivity contribution in [2.45, 2.75) is 19.8 Å². The second-order valence-electron chi connectivity index (χ2n) is 7.32. The predicted octanol–water partition coefficient (Wildman–Crippen LogP) is 4.97. The lowest BCUT2D eigenvalue weighted by Gasteiger charge is -2.14. The van der Waals surface area contributed by atoms with Gasteiger partial charge in [0.2, 0.25) is 11.2 Å². The summed E-state index contributed by atoms with van der Waals surface area (Å²) in [5.74, 6) is 1.34. The summed E-state index contributed by atoms with van der Waals surface area (Å²) in [6, 6.07) is 24.6. The normalized spacial score (nSPS) is 10.6. The molecule has 1 aromatic heterocycles. The molecule has 4 rings (SSSR count). The molecule has 0 saturated heterocycles. The van der Waals surface area contributed by atoms with E-state index in [4.69, 9.17) is 18.6 Å². The smallest absolute Gasteiger partial charge is 0.232 e. The Hall–Kier alpha value is -4.03. The summed E-state index contributed by atoms with van der Waals surface area (Å²) < 4.78 is 23.0. The maximum Gasteiger partial charge on any atom is 0.232 e. The van der Waals surface area contributed by atoms with Gasteiger partial charge in [0, 0.05) is 5.56 Å². The molecule has 1 heterocycles. The van der Waals surface area contributed by atoms with Gasteiger partial charge in [0.15, 0.2) is 17.3 Å². The highest BCUT2D eigenvalue weighted by Crippen LogP contribution is 2.36. The van der Waals surface area contributed by atoms with Crippen molar-refractivity contribution in [3.63, 3.8) is 0 Å². The van der Waals surface area contributed by atoms with Crippen molar-refractivity contribution in [1.29, 1.82) is 0 Å². The second-order valence-corrected chi connectivity index (χ2v) is 7.32. The molecule has 6 nitrogen and oxygen atoms in total. The Morgan fingerprint density at radius 2 is 1.45 bits per heavy atom. The summed E-state index contributed by atoms with van der Waals surface area (Å²) in [5, 5.41) is 9.51. The van der Waals surface area contributed by atoms with Gasteiger partial charge in [-0.15, -0.1) is 0 Å². The van der Waals surface area contributed by atoms with Gasteiger partial charge in [0.05, 0.1) is 19.3 Å². The summed E-state index contributed by atoms with van der Waals surface area (Å²) in [4.78, 5) is 12.9. The molecule has 0 amide bonds. The van der Waals surface area contributed by atoms with Crippen LogP contribution in [0, 0.1) is 0 Å². The van der Waals surface area contributed by atoms with E-state index in [0.717, 1.165) is 11.1 Å². The maximum atomic E-state index is 12.9. The first-order valence-electron chi connectivity index (χ1n) is 10.5. The third-order valence-electron chi connectivity index (χ3n) is 5.08. The standard InChI is InChI=1S/C27H24O6/c1-30-24-14-21(12-13-23(24)31-16-19-8-4-2-5-9-19)26-27(25(29)22(15-28)18-33-26)32-17-20-10-6-3-7-11-20/h2-14,18,28H,15-17H2,1H3. The van der Waals surface area contributed by atoms with Gasteiger partial charge in [-0.3, -0.25) is 4.79 Å². The van der Waals surface area contributed by atoms with Crippen molar-refractivity contribution >= 4 is 0 Å². The molecule has 0 unspecified atom stereocenters. The Kier molecular flexibility index (Phi) is 7.07. The lowest BCUT2D eigenvalue weighted by molar-refractivity contribution is 0.267. The van der Waals surface area contributed by atoms with Gasteiger partial charge in [-0.2, -0.15) is 0 Å². The van der Waals surface area contributed by atoms with E-state index < -0.39 is 12.0 Å². The SMILES string of the molecule is COc1cc(-c2occ(CO)c(=O)c2OCc2ccccc2)ccc1OCc1ccccc1. The van der Waals surface area contributed by atoms with Gasteiger partial charge in [-0.05, 0) is 29.3 Å². The Morgan fingerprint density at radius 1 is 0.818 bits per heavy atom. The van der Waals surface area contributed by atoms with Crippen molar-refractivity contribution in [2.24, 2.45) is 0 Å². The summed E-state index contributed by atoms with van der Waals surface area (Å²) in [7, 11) is 1.55. The number of methoxy groups -OCH3 is 1. The predicted molar refractivity (Wildman–Crippen MR) is 124 cm³/mol. The topological polar surface area (TPSA) is 78.1 Å². The molecular formula is C27H24O6. The fraction of sp³-hybridized carbons (Fsp3) is 0.148. The monoisotopic (exact) mass is 444 g/mol. The van der Waals surface area contributed by atoms with E-state index >= 15 is 0 Å². The minimum Gasteiger partial charge on any atom is -0.493 e. The number of aliphatic hydroxyl groups excluding tert-OH is 1. The van der Waals surface area contributed by atoms with Crippen LogP contribution >= 0.6 is 0 Å². The van der Waals surface area contributed by atoms with Gasteiger partial charge < -0.3 is 23.7 Å². The third-order valence-corrected chi connectivity index (χ3v) is 5.08. The molecule has 0 aliphatic heterocycles. The fourth-order valence-corrected chi connectivity index (χ4v) is 3.32. The van der Waals surface area contributed by atoms with Gasteiger partial charge in [-0.1, -0.05) is 60.7 Å². The number of hydrogen-bond acceptors (Lipinski definition) is 6. The van der Waals surface area contributed by atoms with E-state index in [-0.39, 0.29) is 23.7 Å². The number of benzene rings is 3. The van der Waals surface area contributed by atoms with E-state index in [0.29, 0.717) is 23.7 Å². The number of rotatable bonds is 9. The molecule has 3 aromatic carbocycles. The van der Waals surface area contributed by atoms with Gasteiger partial charge in [0.1, 0.15) is 19.5 Å². The van der Waals surface area contributed by atoms with Crippen LogP contribution < -0.4 is 19.6 Å². The molecule has 6 heteroatoms. The summed E-state index contributed by atoms with van der Waals surface area (Å²) in [6.45, 7) is 0.130. The molecule has 0 bridgehead atoms. The fourth-order valence-electron chi connectivity index (χ4n) is 3.32. The highest BCUT2D eigenvalue weighted by atomic mass is 16.5. The minimum absolute atomic E-state index is 0.0328. The zero-order valence-corrected chi connectivity index (χ0v) is 18.2. The Balaban J connectivity index is 1.64. The largest absolute Gasteiger partial charge is 0.493 e.